The average Bonchev–Trinajstić information content (AvgIpc) is 2.25. The van der Waals surface area contributed by atoms with Crippen molar-refractivity contribution in [2.45, 2.75) is 38.1 Å². The molecule has 16 heavy (non-hydrogen) atoms. The van der Waals surface area contributed by atoms with Crippen LogP contribution in [0, 0.1) is 0 Å². The zero-order chi connectivity index (χ0) is 12.4. The highest BCUT2D eigenvalue weighted by Gasteiger charge is 2.09. The smallest absolute Gasteiger partial charge is 0.320 e. The number of hydrogen-bond donors (Lipinski definition) is 3. The van der Waals surface area contributed by atoms with Crippen LogP contribution in [0.2, 0.25) is 0 Å². The summed E-state index contributed by atoms with van der Waals surface area (Å²) in [5, 5.41) is 12.1. The van der Waals surface area contributed by atoms with Crippen molar-refractivity contribution in [2.24, 2.45) is 5.73 Å². The molecule has 0 bridgehead atoms. The summed E-state index contributed by atoms with van der Waals surface area (Å²) in [7, 11) is 0. The molecule has 0 spiro atoms. The Kier molecular flexibility index (Phi) is 9.22. The van der Waals surface area contributed by atoms with Crippen LogP contribution in [0.3, 0.4) is 0 Å². The average molecular weight is 295 g/mol. The summed E-state index contributed by atoms with van der Waals surface area (Å²) in [6, 6.07) is -0.788. The quantitative estimate of drug-likeness (QED) is 0.434. The lowest BCUT2D eigenvalue weighted by Gasteiger charge is -2.06. The molecule has 0 aromatic heterocycles. The molecule has 0 saturated carbocycles. The molecule has 0 radical (unpaired) electrons. The van der Waals surface area contributed by atoms with Crippen LogP contribution in [-0.4, -0.2) is 34.9 Å². The Labute approximate surface area is 104 Å². The van der Waals surface area contributed by atoms with Crippen molar-refractivity contribution in [3.8, 4) is 0 Å². The maximum absolute atomic E-state index is 11.2. The highest BCUT2D eigenvalue weighted by Crippen LogP contribution is 1.99. The summed E-state index contributed by atoms with van der Waals surface area (Å²) < 4.78 is 0. The lowest BCUT2D eigenvalue weighted by Crippen LogP contribution is -2.30. The number of aliphatic carboxylic acids is 1. The molecule has 0 aromatic carbocycles. The Balaban J connectivity index is 3.33. The van der Waals surface area contributed by atoms with Gasteiger partial charge in [-0.2, -0.15) is 0 Å². The molecule has 0 rings (SSSR count). The van der Waals surface area contributed by atoms with E-state index in [1.165, 1.54) is 0 Å². The first-order valence-electron chi connectivity index (χ1n) is 5.39. The molecule has 94 valence electrons. The zero-order valence-corrected chi connectivity index (χ0v) is 10.8. The van der Waals surface area contributed by atoms with Crippen molar-refractivity contribution in [1.29, 1.82) is 0 Å². The summed E-state index contributed by atoms with van der Waals surface area (Å²) in [5.74, 6) is -0.927. The predicted molar refractivity (Wildman–Crippen MR) is 65.5 cm³/mol. The molecule has 1 amide bonds. The van der Waals surface area contributed by atoms with Gasteiger partial charge >= 0.3 is 5.97 Å². The molecule has 0 aromatic rings. The number of rotatable bonds is 9. The Morgan fingerprint density at radius 3 is 2.56 bits per heavy atom. The first-order chi connectivity index (χ1) is 7.57. The van der Waals surface area contributed by atoms with Gasteiger partial charge in [0.1, 0.15) is 6.04 Å². The third-order valence-corrected chi connectivity index (χ3v) is 2.68. The Bertz CT molecular complexity index is 224. The minimum atomic E-state index is -0.971. The summed E-state index contributed by atoms with van der Waals surface area (Å²) in [6.07, 6.45) is 3.29. The number of carbonyl (C=O) groups excluding carboxylic acids is 1. The molecular formula is C10H19BrN2O3. The molecule has 1 atom stereocenters. The number of nitrogens with two attached hydrogens (primary N) is 1. The number of alkyl halides is 1. The van der Waals surface area contributed by atoms with Gasteiger partial charge < -0.3 is 16.2 Å². The lowest BCUT2D eigenvalue weighted by molar-refractivity contribution is -0.138. The number of hydrogen-bond acceptors (Lipinski definition) is 3. The van der Waals surface area contributed by atoms with Gasteiger partial charge in [0.15, 0.2) is 0 Å². The lowest BCUT2D eigenvalue weighted by atomic mass is 10.1. The molecule has 0 aliphatic heterocycles. The molecule has 5 nitrogen and oxygen atoms in total. The fourth-order valence-corrected chi connectivity index (χ4v) is 1.44. The Morgan fingerprint density at radius 2 is 2.00 bits per heavy atom. The fraction of sp³-hybridized carbons (Fsp3) is 0.800. The summed E-state index contributed by atoms with van der Waals surface area (Å²) in [6.45, 7) is 0.591. The fourth-order valence-electron chi connectivity index (χ4n) is 1.16. The molecule has 0 aliphatic rings. The van der Waals surface area contributed by atoms with Crippen LogP contribution in [0.15, 0.2) is 0 Å². The minimum Gasteiger partial charge on any atom is -0.480 e. The van der Waals surface area contributed by atoms with Gasteiger partial charge in [-0.1, -0.05) is 15.9 Å². The van der Waals surface area contributed by atoms with E-state index < -0.39 is 12.0 Å². The van der Waals surface area contributed by atoms with Gasteiger partial charge in [0.25, 0.3) is 0 Å². The van der Waals surface area contributed by atoms with Crippen molar-refractivity contribution in [3.05, 3.63) is 0 Å². The van der Waals surface area contributed by atoms with E-state index in [4.69, 9.17) is 10.8 Å². The van der Waals surface area contributed by atoms with Crippen molar-refractivity contribution in [1.82, 2.24) is 5.32 Å². The largest absolute Gasteiger partial charge is 0.480 e. The topological polar surface area (TPSA) is 92.4 Å². The molecule has 0 unspecified atom stereocenters. The molecule has 0 aliphatic carbocycles. The Hall–Kier alpha value is -0.620. The molecule has 4 N–H and O–H groups in total. The van der Waals surface area contributed by atoms with Crippen molar-refractivity contribution >= 4 is 27.8 Å². The van der Waals surface area contributed by atoms with Gasteiger partial charge in [0, 0.05) is 18.3 Å². The van der Waals surface area contributed by atoms with Gasteiger partial charge in [-0.15, -0.1) is 0 Å². The highest BCUT2D eigenvalue weighted by atomic mass is 79.9. The number of halogens is 1. The Morgan fingerprint density at radius 1 is 1.31 bits per heavy atom. The van der Waals surface area contributed by atoms with Gasteiger partial charge in [0.05, 0.1) is 0 Å². The van der Waals surface area contributed by atoms with E-state index in [1.807, 2.05) is 0 Å². The summed E-state index contributed by atoms with van der Waals surface area (Å²) in [5.41, 5.74) is 5.33. The third kappa shape index (κ3) is 8.67. The van der Waals surface area contributed by atoms with E-state index >= 15 is 0 Å². The van der Waals surface area contributed by atoms with Crippen molar-refractivity contribution in [2.75, 3.05) is 11.9 Å². The highest BCUT2D eigenvalue weighted by molar-refractivity contribution is 9.09. The zero-order valence-electron chi connectivity index (χ0n) is 9.25. The van der Waals surface area contributed by atoms with Crippen LogP contribution in [0.1, 0.15) is 32.1 Å². The maximum atomic E-state index is 11.2. The maximum Gasteiger partial charge on any atom is 0.320 e. The number of carbonyl (C=O) groups is 2. The second-order valence-corrected chi connectivity index (χ2v) is 4.38. The number of amides is 1. The normalized spacial score (nSPS) is 12.1. The third-order valence-electron chi connectivity index (χ3n) is 2.12. The minimum absolute atomic E-state index is 0.0435. The molecule has 0 saturated heterocycles. The van der Waals surface area contributed by atoms with E-state index in [9.17, 15) is 9.59 Å². The van der Waals surface area contributed by atoms with E-state index in [-0.39, 0.29) is 5.91 Å². The molecular weight excluding hydrogens is 276 g/mol. The van der Waals surface area contributed by atoms with Gasteiger partial charge in [-0.3, -0.25) is 9.59 Å². The van der Waals surface area contributed by atoms with Crippen LogP contribution in [0.25, 0.3) is 0 Å². The summed E-state index contributed by atoms with van der Waals surface area (Å²) >= 11 is 3.25. The van der Waals surface area contributed by atoms with E-state index in [0.29, 0.717) is 25.8 Å². The monoisotopic (exact) mass is 294 g/mol. The molecule has 0 fully saturated rings. The second kappa shape index (κ2) is 9.59. The van der Waals surface area contributed by atoms with Crippen LogP contribution in [-0.2, 0) is 9.59 Å². The van der Waals surface area contributed by atoms with Gasteiger partial charge in [-0.05, 0) is 25.7 Å². The van der Waals surface area contributed by atoms with Crippen LogP contribution in [0.5, 0.6) is 0 Å². The first kappa shape index (κ1) is 15.4. The second-order valence-electron chi connectivity index (χ2n) is 3.58. The SMILES string of the molecule is N[C@@H](CCCCNC(=O)CCCBr)C(=O)O. The summed E-state index contributed by atoms with van der Waals surface area (Å²) in [4.78, 5) is 21.5. The van der Waals surface area contributed by atoms with Gasteiger partial charge in [0.2, 0.25) is 5.91 Å². The van der Waals surface area contributed by atoms with E-state index in [1.54, 1.807) is 0 Å². The number of nitrogens with one attached hydrogen (secondary N) is 1. The number of carboxylic acid groups (broad SMARTS) is 1. The van der Waals surface area contributed by atoms with Crippen LogP contribution >= 0.6 is 15.9 Å². The van der Waals surface area contributed by atoms with Crippen LogP contribution < -0.4 is 11.1 Å². The van der Waals surface area contributed by atoms with Crippen molar-refractivity contribution in [3.63, 3.8) is 0 Å². The van der Waals surface area contributed by atoms with Gasteiger partial charge in [-0.25, -0.2) is 0 Å². The molecule has 6 heteroatoms. The predicted octanol–water partition coefficient (Wildman–Crippen LogP) is 0.860. The number of carboxylic acids is 1. The first-order valence-corrected chi connectivity index (χ1v) is 6.51. The van der Waals surface area contributed by atoms with E-state index in [2.05, 4.69) is 21.2 Å². The van der Waals surface area contributed by atoms with E-state index in [0.717, 1.165) is 18.2 Å². The standard InChI is InChI=1S/C10H19BrN2O3/c11-6-3-5-9(14)13-7-2-1-4-8(12)10(15)16/h8H,1-7,12H2,(H,13,14)(H,15,16)/t8-/m0/s1. The number of unbranched alkanes of at least 4 members (excludes halogenated alkanes) is 1. The molecule has 0 heterocycles. The van der Waals surface area contributed by atoms with Crippen LogP contribution in [0.4, 0.5) is 0 Å². The van der Waals surface area contributed by atoms with Crippen molar-refractivity contribution < 1.29 is 14.7 Å².